The van der Waals surface area contributed by atoms with E-state index in [0.717, 1.165) is 0 Å². The first-order valence-corrected chi connectivity index (χ1v) is 7.52. The molecular formula is C16H10Cl3N3O. The van der Waals surface area contributed by atoms with Gasteiger partial charge in [0, 0.05) is 21.9 Å². The van der Waals surface area contributed by atoms with Gasteiger partial charge < -0.3 is 10.6 Å². The number of hydrogen-bond donors (Lipinski definition) is 2. The van der Waals surface area contributed by atoms with Crippen LogP contribution in [0.1, 0.15) is 0 Å². The first-order valence-electron chi connectivity index (χ1n) is 6.38. The number of nitriles is 1. The molecule has 2 rings (SSSR count). The van der Waals surface area contributed by atoms with E-state index >= 15 is 0 Å². The van der Waals surface area contributed by atoms with E-state index in [4.69, 9.17) is 40.1 Å². The third kappa shape index (κ3) is 4.90. The van der Waals surface area contributed by atoms with Gasteiger partial charge in [0.05, 0.1) is 10.7 Å². The van der Waals surface area contributed by atoms with Crippen LogP contribution in [0.4, 0.5) is 11.4 Å². The highest BCUT2D eigenvalue weighted by Crippen LogP contribution is 2.23. The van der Waals surface area contributed by atoms with E-state index in [0.29, 0.717) is 26.4 Å². The fourth-order valence-electron chi connectivity index (χ4n) is 1.69. The van der Waals surface area contributed by atoms with Crippen molar-refractivity contribution in [2.75, 3.05) is 10.6 Å². The van der Waals surface area contributed by atoms with E-state index in [1.807, 2.05) is 6.07 Å². The Morgan fingerprint density at radius 1 is 1.09 bits per heavy atom. The molecule has 0 aliphatic rings. The molecule has 0 saturated heterocycles. The van der Waals surface area contributed by atoms with E-state index in [-0.39, 0.29) is 5.57 Å². The molecule has 0 spiro atoms. The summed E-state index contributed by atoms with van der Waals surface area (Å²) in [6.07, 6.45) is 1.27. The molecule has 2 aromatic carbocycles. The zero-order valence-electron chi connectivity index (χ0n) is 11.6. The van der Waals surface area contributed by atoms with Gasteiger partial charge in [0.25, 0.3) is 5.91 Å². The summed E-state index contributed by atoms with van der Waals surface area (Å²) >= 11 is 17.7. The smallest absolute Gasteiger partial charge is 0.267 e. The van der Waals surface area contributed by atoms with Gasteiger partial charge in [0.15, 0.2) is 0 Å². The molecule has 2 N–H and O–H groups in total. The predicted molar refractivity (Wildman–Crippen MR) is 93.9 cm³/mol. The number of nitrogens with zero attached hydrogens (tertiary/aromatic N) is 1. The SMILES string of the molecule is N#C/C(=C/Nc1cc(Cl)cc(Cl)c1)C(=O)Nc1ccccc1Cl. The molecule has 23 heavy (non-hydrogen) atoms. The lowest BCUT2D eigenvalue weighted by Crippen LogP contribution is -2.14. The molecule has 0 atom stereocenters. The topological polar surface area (TPSA) is 64.9 Å². The maximum atomic E-state index is 12.1. The first kappa shape index (κ1) is 17.2. The number of hydrogen-bond acceptors (Lipinski definition) is 3. The molecule has 0 aliphatic heterocycles. The van der Waals surface area contributed by atoms with Gasteiger partial charge in [0.1, 0.15) is 11.6 Å². The highest BCUT2D eigenvalue weighted by atomic mass is 35.5. The summed E-state index contributed by atoms with van der Waals surface area (Å²) in [7, 11) is 0. The summed E-state index contributed by atoms with van der Waals surface area (Å²) in [4.78, 5) is 12.1. The van der Waals surface area contributed by atoms with Crippen molar-refractivity contribution in [3.63, 3.8) is 0 Å². The van der Waals surface area contributed by atoms with Crippen molar-refractivity contribution in [2.24, 2.45) is 0 Å². The Labute approximate surface area is 148 Å². The Morgan fingerprint density at radius 2 is 1.74 bits per heavy atom. The second kappa shape index (κ2) is 7.89. The number of para-hydroxylation sites is 1. The zero-order chi connectivity index (χ0) is 16.8. The minimum Gasteiger partial charge on any atom is -0.360 e. The Kier molecular flexibility index (Phi) is 5.89. The molecule has 0 aromatic heterocycles. The highest BCUT2D eigenvalue weighted by molar-refractivity contribution is 6.35. The fraction of sp³-hybridized carbons (Fsp3) is 0. The standard InChI is InChI=1S/C16H10Cl3N3O/c17-11-5-12(18)7-13(6-11)21-9-10(8-20)16(23)22-15-4-2-1-3-14(15)19/h1-7,9,21H,(H,22,23)/b10-9-. The maximum Gasteiger partial charge on any atom is 0.267 e. The number of benzene rings is 2. The molecule has 1 amide bonds. The molecule has 116 valence electrons. The van der Waals surface area contributed by atoms with Crippen molar-refractivity contribution in [1.29, 1.82) is 5.26 Å². The molecule has 0 fully saturated rings. The Hall–Kier alpha value is -2.19. The van der Waals surface area contributed by atoms with Crippen molar-refractivity contribution >= 4 is 52.1 Å². The van der Waals surface area contributed by atoms with Crippen molar-refractivity contribution < 1.29 is 4.79 Å². The van der Waals surface area contributed by atoms with E-state index in [2.05, 4.69) is 10.6 Å². The maximum absolute atomic E-state index is 12.1. The van der Waals surface area contributed by atoms with Crippen LogP contribution in [-0.4, -0.2) is 5.91 Å². The van der Waals surface area contributed by atoms with Crippen LogP contribution >= 0.6 is 34.8 Å². The van der Waals surface area contributed by atoms with Crippen LogP contribution in [0.15, 0.2) is 54.2 Å². The quantitative estimate of drug-likeness (QED) is 0.584. The average Bonchev–Trinajstić information content (AvgIpc) is 2.49. The summed E-state index contributed by atoms with van der Waals surface area (Å²) in [6.45, 7) is 0. The van der Waals surface area contributed by atoms with Crippen LogP contribution in [0.2, 0.25) is 15.1 Å². The van der Waals surface area contributed by atoms with E-state index in [9.17, 15) is 4.79 Å². The predicted octanol–water partition coefficient (Wildman–Crippen LogP) is 5.10. The van der Waals surface area contributed by atoms with Gasteiger partial charge in [-0.25, -0.2) is 0 Å². The third-order valence-corrected chi connectivity index (χ3v) is 3.50. The van der Waals surface area contributed by atoms with Gasteiger partial charge in [-0.2, -0.15) is 5.26 Å². The fourth-order valence-corrected chi connectivity index (χ4v) is 2.40. The van der Waals surface area contributed by atoms with Crippen molar-refractivity contribution in [3.05, 3.63) is 69.3 Å². The van der Waals surface area contributed by atoms with Crippen LogP contribution < -0.4 is 10.6 Å². The Balaban J connectivity index is 2.14. The summed E-state index contributed by atoms with van der Waals surface area (Å²) < 4.78 is 0. The summed E-state index contributed by atoms with van der Waals surface area (Å²) in [5, 5.41) is 15.8. The van der Waals surface area contributed by atoms with E-state index in [1.165, 1.54) is 6.20 Å². The third-order valence-electron chi connectivity index (χ3n) is 2.73. The Bertz CT molecular complexity index is 792. The second-order valence-corrected chi connectivity index (χ2v) is 5.69. The number of amides is 1. The van der Waals surface area contributed by atoms with Gasteiger partial charge >= 0.3 is 0 Å². The second-order valence-electron chi connectivity index (χ2n) is 4.41. The molecule has 0 heterocycles. The normalized spacial score (nSPS) is 10.8. The van der Waals surface area contributed by atoms with Crippen molar-refractivity contribution in [2.45, 2.75) is 0 Å². The van der Waals surface area contributed by atoms with E-state index < -0.39 is 5.91 Å². The van der Waals surface area contributed by atoms with Crippen molar-refractivity contribution in [3.8, 4) is 6.07 Å². The average molecular weight is 367 g/mol. The molecule has 0 unspecified atom stereocenters. The van der Waals surface area contributed by atoms with Crippen LogP contribution in [0.3, 0.4) is 0 Å². The van der Waals surface area contributed by atoms with Gasteiger partial charge in [-0.05, 0) is 30.3 Å². The molecule has 7 heteroatoms. The molecule has 0 saturated carbocycles. The van der Waals surface area contributed by atoms with Crippen LogP contribution in [0.5, 0.6) is 0 Å². The lowest BCUT2D eigenvalue weighted by molar-refractivity contribution is -0.112. The highest BCUT2D eigenvalue weighted by Gasteiger charge is 2.11. The summed E-state index contributed by atoms with van der Waals surface area (Å²) in [5.41, 5.74) is 0.855. The number of halogens is 3. The summed E-state index contributed by atoms with van der Waals surface area (Å²) in [5.74, 6) is -0.582. The van der Waals surface area contributed by atoms with Gasteiger partial charge in [-0.15, -0.1) is 0 Å². The number of carbonyl (C=O) groups is 1. The first-order chi connectivity index (χ1) is 11.0. The van der Waals surface area contributed by atoms with Gasteiger partial charge in [-0.3, -0.25) is 4.79 Å². The minimum absolute atomic E-state index is 0.124. The number of carbonyl (C=O) groups excluding carboxylic acids is 1. The molecule has 0 aliphatic carbocycles. The summed E-state index contributed by atoms with van der Waals surface area (Å²) in [6, 6.07) is 13.4. The number of rotatable bonds is 4. The van der Waals surface area contributed by atoms with Crippen molar-refractivity contribution in [1.82, 2.24) is 0 Å². The number of nitrogens with one attached hydrogen (secondary N) is 2. The lowest BCUT2D eigenvalue weighted by Gasteiger charge is -2.07. The molecule has 2 aromatic rings. The van der Waals surface area contributed by atoms with Crippen LogP contribution in [-0.2, 0) is 4.79 Å². The molecule has 4 nitrogen and oxygen atoms in total. The molecule has 0 bridgehead atoms. The number of anilines is 2. The Morgan fingerprint density at radius 3 is 2.35 bits per heavy atom. The van der Waals surface area contributed by atoms with Crippen LogP contribution in [0.25, 0.3) is 0 Å². The van der Waals surface area contributed by atoms with Crippen LogP contribution in [0, 0.1) is 11.3 Å². The molecular weight excluding hydrogens is 357 g/mol. The lowest BCUT2D eigenvalue weighted by atomic mass is 10.2. The monoisotopic (exact) mass is 365 g/mol. The zero-order valence-corrected chi connectivity index (χ0v) is 13.9. The molecule has 0 radical (unpaired) electrons. The minimum atomic E-state index is -0.582. The van der Waals surface area contributed by atoms with E-state index in [1.54, 1.807) is 42.5 Å². The van der Waals surface area contributed by atoms with Gasteiger partial charge in [0.2, 0.25) is 0 Å². The van der Waals surface area contributed by atoms with Gasteiger partial charge in [-0.1, -0.05) is 46.9 Å². The largest absolute Gasteiger partial charge is 0.360 e.